The zero-order valence-corrected chi connectivity index (χ0v) is 38.8. The van der Waals surface area contributed by atoms with Crippen LogP contribution in [0.3, 0.4) is 0 Å². The predicted octanol–water partition coefficient (Wildman–Crippen LogP) is 9.66. The number of carboxylic acid groups (broad SMARTS) is 1. The Balaban J connectivity index is 1.09. The van der Waals surface area contributed by atoms with Crippen LogP contribution in [0.25, 0.3) is 22.4 Å². The molecule has 9 unspecified atom stereocenters. The van der Waals surface area contributed by atoms with Crippen LogP contribution in [-0.2, 0) is 17.6 Å². The van der Waals surface area contributed by atoms with E-state index in [2.05, 4.69) is 29.0 Å². The smallest absolute Gasteiger partial charge is 0.309 e. The number of carboxylic acids is 1. The first-order valence-corrected chi connectivity index (χ1v) is 24.6. The number of rotatable bonds is 23. The summed E-state index contributed by atoms with van der Waals surface area (Å²) in [7, 11) is 0. The van der Waals surface area contributed by atoms with E-state index >= 15 is 0 Å². The van der Waals surface area contributed by atoms with Crippen LogP contribution >= 0.6 is 0 Å². The number of aliphatic carboxylic acids is 1. The van der Waals surface area contributed by atoms with Gasteiger partial charge in [0.2, 0.25) is 0 Å². The SMILES string of the molecule is CCCCCC1C=CC(CCCCCC(C(=O)O)C(O)CCC2(O)CC(Cc3ccnc(N)c3)CC2C(O)c2cc(-c3ccccc3)c(-c3cc(O)cc([O-])c3Cc3ccccc3)[nH]2)C(O)C1. The van der Waals surface area contributed by atoms with E-state index in [0.717, 1.165) is 48.8 Å². The number of hydrogen-bond donors (Lipinski definition) is 8. The molecule has 5 aromatic rings. The molecule has 9 atom stereocenters. The van der Waals surface area contributed by atoms with Gasteiger partial charge in [0.25, 0.3) is 0 Å². The number of aromatic amines is 1. The Bertz CT molecular complexity index is 2390. The van der Waals surface area contributed by atoms with Gasteiger partial charge >= 0.3 is 5.97 Å². The van der Waals surface area contributed by atoms with E-state index in [0.29, 0.717) is 71.9 Å². The van der Waals surface area contributed by atoms with Crippen molar-refractivity contribution >= 4 is 11.8 Å². The number of anilines is 1. The van der Waals surface area contributed by atoms with Gasteiger partial charge in [-0.05, 0) is 129 Å². The van der Waals surface area contributed by atoms with Gasteiger partial charge in [0.15, 0.2) is 0 Å². The molecule has 3 aromatic carbocycles. The number of carbonyl (C=O) groups is 1. The molecule has 0 saturated heterocycles. The number of H-pyrrole nitrogens is 1. The quantitative estimate of drug-likeness (QED) is 0.0229. The first-order valence-electron chi connectivity index (χ1n) is 24.6. The fourth-order valence-corrected chi connectivity index (χ4v) is 11.0. The summed E-state index contributed by atoms with van der Waals surface area (Å²) in [5.74, 6) is -2.49. The fourth-order valence-electron chi connectivity index (χ4n) is 11.0. The van der Waals surface area contributed by atoms with Crippen molar-refractivity contribution in [1.29, 1.82) is 0 Å². The number of aromatic nitrogens is 2. The van der Waals surface area contributed by atoms with Gasteiger partial charge in [0.05, 0.1) is 35.5 Å². The lowest BCUT2D eigenvalue weighted by molar-refractivity contribution is -0.269. The minimum Gasteiger partial charge on any atom is -0.872 e. The lowest BCUT2D eigenvalue weighted by Crippen LogP contribution is -2.39. The lowest BCUT2D eigenvalue weighted by Gasteiger charge is -2.34. The van der Waals surface area contributed by atoms with Crippen molar-refractivity contribution in [2.75, 3.05) is 5.73 Å². The van der Waals surface area contributed by atoms with Crippen molar-refractivity contribution in [3.63, 3.8) is 0 Å². The van der Waals surface area contributed by atoms with Crippen molar-refractivity contribution in [3.8, 4) is 33.9 Å². The normalized spacial score (nSPS) is 23.0. The first-order chi connectivity index (χ1) is 32.3. The number of nitrogens with two attached hydrogens (primary N) is 1. The van der Waals surface area contributed by atoms with Gasteiger partial charge in [-0.3, -0.25) is 4.79 Å². The Labute approximate surface area is 395 Å². The summed E-state index contributed by atoms with van der Waals surface area (Å²) in [6.45, 7) is 2.19. The minimum absolute atomic E-state index is 0.0216. The molecule has 1 saturated carbocycles. The molecule has 67 heavy (non-hydrogen) atoms. The standard InChI is InChI=1S/C56H71N3O8/c1-2-3-7-14-37-21-22-41(50(62)30-37)19-12-6-13-20-43(55(65)66)49(61)23-25-56(67)35-39(27-38-24-26-58-52(57)31-38)29-47(56)54(64)48-34-44(40-17-10-5-11-18-40)53(59-48)46-32-42(60)33-51(63)45(46)28-36-15-8-4-9-16-36/h4-5,8-11,15-18,21-22,24,26,31-34,37,39,41,43,47,49-50,54,59-64,67H,2-3,6-7,12-14,19-20,23,25,27-30,35H2,1H3,(H2,57,58)(H,65,66)/p-1. The third kappa shape index (κ3) is 12.8. The molecule has 0 radical (unpaired) electrons. The summed E-state index contributed by atoms with van der Waals surface area (Å²) < 4.78 is 0. The van der Waals surface area contributed by atoms with Gasteiger partial charge in [-0.2, -0.15) is 0 Å². The summed E-state index contributed by atoms with van der Waals surface area (Å²) in [5.41, 5.74) is 9.88. The number of nitrogens with one attached hydrogen (secondary N) is 1. The van der Waals surface area contributed by atoms with Crippen LogP contribution in [-0.4, -0.2) is 64.4 Å². The second-order valence-electron chi connectivity index (χ2n) is 19.6. The number of benzene rings is 3. The van der Waals surface area contributed by atoms with Crippen LogP contribution in [0.5, 0.6) is 11.5 Å². The van der Waals surface area contributed by atoms with Gasteiger partial charge < -0.3 is 46.5 Å². The average Bonchev–Trinajstić information content (AvgIpc) is 3.90. The van der Waals surface area contributed by atoms with E-state index in [-0.39, 0.29) is 48.7 Å². The van der Waals surface area contributed by atoms with Gasteiger partial charge in [-0.1, -0.05) is 118 Å². The molecular formula is C56H70N3O8-. The van der Waals surface area contributed by atoms with Crippen LogP contribution in [0, 0.1) is 29.6 Å². The van der Waals surface area contributed by atoms with E-state index in [1.807, 2.05) is 72.8 Å². The number of phenols is 1. The molecule has 0 spiro atoms. The number of aromatic hydroxyl groups is 1. The Hall–Kier alpha value is -5.46. The average molecular weight is 913 g/mol. The zero-order valence-electron chi connectivity index (χ0n) is 38.8. The monoisotopic (exact) mass is 913 g/mol. The second-order valence-corrected chi connectivity index (χ2v) is 19.6. The van der Waals surface area contributed by atoms with Crippen LogP contribution < -0.4 is 10.8 Å². The van der Waals surface area contributed by atoms with Crippen LogP contribution in [0.4, 0.5) is 5.82 Å². The number of nitrogen functional groups attached to an aromatic ring is 1. The number of aliphatic hydroxyl groups excluding tert-OH is 3. The maximum atomic E-state index is 13.6. The summed E-state index contributed by atoms with van der Waals surface area (Å²) in [4.78, 5) is 20.2. The molecule has 0 bridgehead atoms. The summed E-state index contributed by atoms with van der Waals surface area (Å²) >= 11 is 0. The van der Waals surface area contributed by atoms with E-state index in [9.17, 15) is 40.5 Å². The van der Waals surface area contributed by atoms with Crippen molar-refractivity contribution in [2.45, 2.75) is 134 Å². The summed E-state index contributed by atoms with van der Waals surface area (Å²) in [6, 6.07) is 27.5. The summed E-state index contributed by atoms with van der Waals surface area (Å²) in [5, 5.41) is 82.3. The Morgan fingerprint density at radius 3 is 2.34 bits per heavy atom. The third-order valence-corrected chi connectivity index (χ3v) is 14.7. The van der Waals surface area contributed by atoms with Crippen molar-refractivity contribution in [1.82, 2.24) is 9.97 Å². The highest BCUT2D eigenvalue weighted by atomic mass is 16.4. The number of unbranched alkanes of at least 4 members (excludes halogenated alkanes) is 4. The van der Waals surface area contributed by atoms with Crippen molar-refractivity contribution < 1.29 is 40.5 Å². The number of nitrogens with zero attached hydrogens (tertiary/aromatic N) is 1. The first kappa shape index (κ1) is 49.4. The largest absolute Gasteiger partial charge is 0.872 e. The van der Waals surface area contributed by atoms with E-state index in [1.165, 1.54) is 25.3 Å². The number of pyridine rings is 1. The molecule has 0 aliphatic heterocycles. The van der Waals surface area contributed by atoms with Gasteiger partial charge in [-0.25, -0.2) is 4.98 Å². The number of phenolic OH excluding ortho intramolecular Hbond substituents is 1. The maximum Gasteiger partial charge on any atom is 0.309 e. The summed E-state index contributed by atoms with van der Waals surface area (Å²) in [6.07, 6.45) is 13.8. The molecule has 0 amide bonds. The Morgan fingerprint density at radius 2 is 1.63 bits per heavy atom. The fraction of sp³-hybridized carbons (Fsp3) is 0.464. The van der Waals surface area contributed by atoms with Crippen molar-refractivity contribution in [2.24, 2.45) is 29.6 Å². The topological polar surface area (TPSA) is 216 Å². The zero-order chi connectivity index (χ0) is 47.5. The molecule has 11 nitrogen and oxygen atoms in total. The van der Waals surface area contributed by atoms with Crippen LogP contribution in [0.2, 0.25) is 0 Å². The van der Waals surface area contributed by atoms with Crippen LogP contribution in [0.15, 0.2) is 109 Å². The van der Waals surface area contributed by atoms with Crippen molar-refractivity contribution in [3.05, 3.63) is 132 Å². The molecule has 7 rings (SSSR count). The number of hydrogen-bond acceptors (Lipinski definition) is 9. The molecular weight excluding hydrogens is 843 g/mol. The molecule has 9 N–H and O–H groups in total. The molecule has 2 aliphatic carbocycles. The molecule has 1 fully saturated rings. The highest BCUT2D eigenvalue weighted by Gasteiger charge is 2.50. The van der Waals surface area contributed by atoms with Gasteiger partial charge in [0.1, 0.15) is 11.6 Å². The maximum absolute atomic E-state index is 13.6. The Morgan fingerprint density at radius 1 is 0.881 bits per heavy atom. The molecule has 2 aromatic heterocycles. The predicted molar refractivity (Wildman–Crippen MR) is 261 cm³/mol. The molecule has 2 aliphatic rings. The van der Waals surface area contributed by atoms with Crippen LogP contribution in [0.1, 0.15) is 125 Å². The number of aliphatic hydroxyl groups is 4. The second kappa shape index (κ2) is 23.0. The highest BCUT2D eigenvalue weighted by molar-refractivity contribution is 5.85. The third-order valence-electron chi connectivity index (χ3n) is 14.7. The molecule has 358 valence electrons. The minimum atomic E-state index is -1.49. The highest BCUT2D eigenvalue weighted by Crippen LogP contribution is 2.51. The lowest BCUT2D eigenvalue weighted by atomic mass is 9.79. The number of allylic oxidation sites excluding steroid dienone is 1. The molecule has 2 heterocycles. The molecule has 11 heteroatoms. The van der Waals surface area contributed by atoms with Gasteiger partial charge in [-0.15, -0.1) is 5.75 Å². The van der Waals surface area contributed by atoms with E-state index < -0.39 is 35.6 Å². The van der Waals surface area contributed by atoms with E-state index in [1.54, 1.807) is 18.3 Å². The Kier molecular flexibility index (Phi) is 17.0. The van der Waals surface area contributed by atoms with E-state index in [4.69, 9.17) is 5.73 Å². The van der Waals surface area contributed by atoms with Gasteiger partial charge in [0, 0.05) is 34.9 Å².